The van der Waals surface area contributed by atoms with Crippen molar-refractivity contribution in [1.82, 2.24) is 10.3 Å². The third kappa shape index (κ3) is 3.43. The maximum Gasteiger partial charge on any atom is 0.227 e. The van der Waals surface area contributed by atoms with Crippen LogP contribution in [0.3, 0.4) is 0 Å². The van der Waals surface area contributed by atoms with Gasteiger partial charge in [0.1, 0.15) is 0 Å². The van der Waals surface area contributed by atoms with Crippen molar-refractivity contribution in [3.05, 3.63) is 22.6 Å². The normalized spacial score (nSPS) is 16.2. The Kier molecular flexibility index (Phi) is 3.80. The van der Waals surface area contributed by atoms with E-state index < -0.39 is 0 Å². The van der Waals surface area contributed by atoms with Crippen LogP contribution in [-0.4, -0.2) is 29.5 Å². The van der Waals surface area contributed by atoms with Gasteiger partial charge in [-0.05, 0) is 42.8 Å². The summed E-state index contributed by atoms with van der Waals surface area (Å²) < 4.78 is 14.3. The quantitative estimate of drug-likeness (QED) is 0.905. The highest BCUT2D eigenvalue weighted by atomic mass is 79.9. The molecule has 4 nitrogen and oxygen atoms in total. The van der Waals surface area contributed by atoms with Crippen LogP contribution in [0.25, 0.3) is 0 Å². The second-order valence-corrected chi connectivity index (χ2v) is 6.72. The number of pyridine rings is 1. The minimum absolute atomic E-state index is 0.0151. The Morgan fingerprint density at radius 1 is 1.53 bits per heavy atom. The summed E-state index contributed by atoms with van der Waals surface area (Å²) in [6, 6.07) is 1.38. The summed E-state index contributed by atoms with van der Waals surface area (Å²) in [5, 5.41) is 2.93. The molecule has 1 saturated heterocycles. The van der Waals surface area contributed by atoms with E-state index in [0.717, 1.165) is 0 Å². The van der Waals surface area contributed by atoms with Gasteiger partial charge in [-0.2, -0.15) is 0 Å². The molecule has 0 saturated carbocycles. The lowest BCUT2D eigenvalue weighted by atomic mass is 9.97. The van der Waals surface area contributed by atoms with Gasteiger partial charge in [0.25, 0.3) is 0 Å². The van der Waals surface area contributed by atoms with Gasteiger partial charge in [-0.15, -0.1) is 0 Å². The van der Waals surface area contributed by atoms with Crippen LogP contribution in [0, 0.1) is 11.7 Å². The van der Waals surface area contributed by atoms with Crippen LogP contribution in [0.5, 0.6) is 0 Å². The molecule has 1 aliphatic heterocycles. The van der Waals surface area contributed by atoms with E-state index in [1.807, 2.05) is 20.8 Å². The van der Waals surface area contributed by atoms with Crippen molar-refractivity contribution >= 4 is 27.7 Å². The minimum atomic E-state index is -0.371. The Morgan fingerprint density at radius 3 is 2.68 bits per heavy atom. The fraction of sp³-hybridized carbons (Fsp3) is 0.538. The van der Waals surface area contributed by atoms with Crippen LogP contribution in [0.2, 0.25) is 0 Å². The van der Waals surface area contributed by atoms with E-state index in [2.05, 4.69) is 26.2 Å². The van der Waals surface area contributed by atoms with Crippen LogP contribution in [-0.2, 0) is 4.79 Å². The van der Waals surface area contributed by atoms with E-state index in [4.69, 9.17) is 0 Å². The highest BCUT2D eigenvalue weighted by Crippen LogP contribution is 2.27. The number of nitrogens with one attached hydrogen (secondary N) is 1. The Labute approximate surface area is 120 Å². The first-order chi connectivity index (χ1) is 8.76. The van der Waals surface area contributed by atoms with Gasteiger partial charge in [-0.25, -0.2) is 9.37 Å². The van der Waals surface area contributed by atoms with Crippen LogP contribution < -0.4 is 10.2 Å². The number of halogens is 2. The van der Waals surface area contributed by atoms with Crippen molar-refractivity contribution in [2.45, 2.75) is 26.3 Å². The Bertz CT molecular complexity index is 495. The number of carbonyl (C=O) groups excluding carboxylic acids is 1. The monoisotopic (exact) mass is 329 g/mol. The van der Waals surface area contributed by atoms with E-state index in [-0.39, 0.29) is 23.2 Å². The Hall–Kier alpha value is -1.17. The smallest absolute Gasteiger partial charge is 0.227 e. The van der Waals surface area contributed by atoms with Crippen molar-refractivity contribution in [1.29, 1.82) is 0 Å². The Morgan fingerprint density at radius 2 is 2.16 bits per heavy atom. The van der Waals surface area contributed by atoms with Crippen molar-refractivity contribution in [3.8, 4) is 0 Å². The first-order valence-corrected chi connectivity index (χ1v) is 6.93. The number of nitrogens with zero attached hydrogens (tertiary/aromatic N) is 2. The molecule has 1 fully saturated rings. The molecule has 104 valence electrons. The van der Waals surface area contributed by atoms with Crippen molar-refractivity contribution in [3.63, 3.8) is 0 Å². The third-order valence-electron chi connectivity index (χ3n) is 2.84. The highest BCUT2D eigenvalue weighted by molar-refractivity contribution is 9.10. The summed E-state index contributed by atoms with van der Waals surface area (Å²) in [6.45, 7) is 6.84. The lowest BCUT2D eigenvalue weighted by Gasteiger charge is -2.40. The summed E-state index contributed by atoms with van der Waals surface area (Å²) in [5.41, 5.74) is -0.237. The van der Waals surface area contributed by atoms with E-state index in [1.165, 1.54) is 6.07 Å². The Balaban J connectivity index is 1.94. The van der Waals surface area contributed by atoms with Gasteiger partial charge in [0.15, 0.2) is 11.6 Å². The summed E-state index contributed by atoms with van der Waals surface area (Å²) in [7, 11) is 0. The highest BCUT2D eigenvalue weighted by Gasteiger charge is 2.35. The number of hydrogen-bond donors (Lipinski definition) is 1. The number of hydrogen-bond acceptors (Lipinski definition) is 3. The van der Waals surface area contributed by atoms with Crippen molar-refractivity contribution < 1.29 is 9.18 Å². The zero-order chi connectivity index (χ0) is 14.2. The number of amides is 1. The van der Waals surface area contributed by atoms with E-state index in [9.17, 15) is 9.18 Å². The van der Waals surface area contributed by atoms with Gasteiger partial charge in [-0.3, -0.25) is 4.79 Å². The molecular formula is C13H17BrFN3O. The third-order valence-corrected chi connectivity index (χ3v) is 3.27. The molecule has 6 heteroatoms. The molecule has 0 bridgehead atoms. The zero-order valence-corrected chi connectivity index (χ0v) is 12.8. The molecule has 0 spiro atoms. The largest absolute Gasteiger partial charge is 0.352 e. The molecule has 0 radical (unpaired) electrons. The lowest BCUT2D eigenvalue weighted by molar-refractivity contribution is -0.127. The van der Waals surface area contributed by atoms with Crippen molar-refractivity contribution in [2.75, 3.05) is 18.0 Å². The van der Waals surface area contributed by atoms with Gasteiger partial charge >= 0.3 is 0 Å². The first-order valence-electron chi connectivity index (χ1n) is 6.14. The summed E-state index contributed by atoms with van der Waals surface area (Å²) >= 11 is 3.17. The predicted octanol–water partition coefficient (Wildman–Crippen LogP) is 2.33. The molecule has 0 unspecified atom stereocenters. The number of rotatable bonds is 2. The molecule has 19 heavy (non-hydrogen) atoms. The van der Waals surface area contributed by atoms with Gasteiger partial charge in [0.05, 0.1) is 5.92 Å². The summed E-state index contributed by atoms with van der Waals surface area (Å²) in [5.74, 6) is -0.141. The topological polar surface area (TPSA) is 45.2 Å². The van der Waals surface area contributed by atoms with E-state index >= 15 is 0 Å². The standard InChI is InChI=1S/C13H17BrFN3O/c1-13(2,3)17-12(19)8-6-18(7-8)11-10(15)4-9(14)5-16-11/h4-5,8H,6-7H2,1-3H3,(H,17,19). The van der Waals surface area contributed by atoms with Crippen LogP contribution in [0.1, 0.15) is 20.8 Å². The molecule has 0 aromatic carbocycles. The molecule has 1 aromatic heterocycles. The minimum Gasteiger partial charge on any atom is -0.352 e. The second kappa shape index (κ2) is 5.07. The molecule has 1 N–H and O–H groups in total. The number of carbonyl (C=O) groups is 1. The van der Waals surface area contributed by atoms with Crippen LogP contribution in [0.4, 0.5) is 10.2 Å². The molecule has 1 aliphatic rings. The average molecular weight is 330 g/mol. The van der Waals surface area contributed by atoms with Gasteiger partial charge in [0.2, 0.25) is 5.91 Å². The summed E-state index contributed by atoms with van der Waals surface area (Å²) in [4.78, 5) is 17.7. The zero-order valence-electron chi connectivity index (χ0n) is 11.2. The van der Waals surface area contributed by atoms with Gasteiger partial charge < -0.3 is 10.2 Å². The van der Waals surface area contributed by atoms with E-state index in [0.29, 0.717) is 23.4 Å². The van der Waals surface area contributed by atoms with Gasteiger partial charge in [-0.1, -0.05) is 0 Å². The SMILES string of the molecule is CC(C)(C)NC(=O)C1CN(c2ncc(Br)cc2F)C1. The molecule has 1 amide bonds. The van der Waals surface area contributed by atoms with Crippen molar-refractivity contribution in [2.24, 2.45) is 5.92 Å². The predicted molar refractivity (Wildman–Crippen MR) is 75.5 cm³/mol. The maximum atomic E-state index is 13.7. The van der Waals surface area contributed by atoms with E-state index in [1.54, 1.807) is 11.1 Å². The first kappa shape index (κ1) is 14.2. The second-order valence-electron chi connectivity index (χ2n) is 5.80. The molecule has 0 atom stereocenters. The molecular weight excluding hydrogens is 313 g/mol. The summed E-state index contributed by atoms with van der Waals surface area (Å²) in [6.07, 6.45) is 1.56. The molecule has 0 aliphatic carbocycles. The van der Waals surface area contributed by atoms with Crippen LogP contribution >= 0.6 is 15.9 Å². The number of anilines is 1. The maximum absolute atomic E-state index is 13.7. The van der Waals surface area contributed by atoms with Crippen LogP contribution in [0.15, 0.2) is 16.7 Å². The molecule has 2 rings (SSSR count). The number of aromatic nitrogens is 1. The molecule has 2 heterocycles. The molecule has 1 aromatic rings. The fourth-order valence-corrected chi connectivity index (χ4v) is 2.23. The van der Waals surface area contributed by atoms with Gasteiger partial charge in [0, 0.05) is 29.3 Å². The average Bonchev–Trinajstić information content (AvgIpc) is 2.16. The lowest BCUT2D eigenvalue weighted by Crippen LogP contribution is -2.57. The fourth-order valence-electron chi connectivity index (χ4n) is 1.93.